The molecule has 1 fully saturated rings. The van der Waals surface area contributed by atoms with Crippen molar-refractivity contribution >= 4 is 17.9 Å². The van der Waals surface area contributed by atoms with E-state index in [4.69, 9.17) is 18.9 Å². The summed E-state index contributed by atoms with van der Waals surface area (Å²) in [6.07, 6.45) is 4.23. The zero-order valence-electron chi connectivity index (χ0n) is 21.4. The van der Waals surface area contributed by atoms with Crippen LogP contribution in [0.25, 0.3) is 6.08 Å². The highest BCUT2D eigenvalue weighted by Gasteiger charge is 2.20. The monoisotopic (exact) mass is 497 g/mol. The summed E-state index contributed by atoms with van der Waals surface area (Å²) in [6, 6.07) is 10.9. The number of nitrogens with zero attached hydrogens (tertiary/aromatic N) is 2. The first-order valence-corrected chi connectivity index (χ1v) is 11.9. The fraction of sp³-hybridized carbons (Fsp3) is 0.407. The van der Waals surface area contributed by atoms with E-state index < -0.39 is 0 Å². The van der Waals surface area contributed by atoms with Gasteiger partial charge in [-0.15, -0.1) is 0 Å². The van der Waals surface area contributed by atoms with Crippen molar-refractivity contribution in [2.75, 3.05) is 67.7 Å². The zero-order valence-corrected chi connectivity index (χ0v) is 21.4. The Labute approximate surface area is 212 Å². The first kappa shape index (κ1) is 26.9. The molecule has 9 heteroatoms. The number of benzene rings is 2. The highest BCUT2D eigenvalue weighted by Crippen LogP contribution is 2.38. The highest BCUT2D eigenvalue weighted by molar-refractivity contribution is 5.95. The fourth-order valence-corrected chi connectivity index (χ4v) is 4.03. The minimum Gasteiger partial charge on any atom is -0.497 e. The molecular formula is C27H35N3O6. The van der Waals surface area contributed by atoms with E-state index >= 15 is 0 Å². The SMILES string of the molecule is COc1cccc(C=CC(=O)N2CCN(CCCNC(=O)c3cc(OC)c(OC)c(OC)c3)CC2)c1. The van der Waals surface area contributed by atoms with Gasteiger partial charge < -0.3 is 29.2 Å². The van der Waals surface area contributed by atoms with Gasteiger partial charge in [0.1, 0.15) is 5.75 Å². The summed E-state index contributed by atoms with van der Waals surface area (Å²) in [5.41, 5.74) is 1.37. The number of ether oxygens (including phenoxy) is 4. The number of piperazine rings is 1. The van der Waals surface area contributed by atoms with Crippen molar-refractivity contribution in [2.45, 2.75) is 6.42 Å². The molecule has 2 amide bonds. The summed E-state index contributed by atoms with van der Waals surface area (Å²) in [7, 11) is 6.18. The number of hydrogen-bond donors (Lipinski definition) is 1. The molecule has 0 saturated carbocycles. The maximum Gasteiger partial charge on any atom is 0.251 e. The van der Waals surface area contributed by atoms with Crippen LogP contribution in [0.3, 0.4) is 0 Å². The van der Waals surface area contributed by atoms with Crippen molar-refractivity contribution in [3.63, 3.8) is 0 Å². The van der Waals surface area contributed by atoms with E-state index in [9.17, 15) is 9.59 Å². The van der Waals surface area contributed by atoms with E-state index in [1.165, 1.54) is 21.3 Å². The molecule has 2 aromatic carbocycles. The molecular weight excluding hydrogens is 462 g/mol. The minimum atomic E-state index is -0.201. The average molecular weight is 498 g/mol. The molecule has 194 valence electrons. The Kier molecular flexibility index (Phi) is 10.00. The largest absolute Gasteiger partial charge is 0.497 e. The summed E-state index contributed by atoms with van der Waals surface area (Å²) in [5, 5.41) is 2.95. The zero-order chi connectivity index (χ0) is 25.9. The number of amides is 2. The van der Waals surface area contributed by atoms with Crippen LogP contribution in [-0.2, 0) is 4.79 Å². The Morgan fingerprint density at radius 3 is 2.22 bits per heavy atom. The summed E-state index contributed by atoms with van der Waals surface area (Å²) < 4.78 is 21.2. The van der Waals surface area contributed by atoms with Gasteiger partial charge in [-0.2, -0.15) is 0 Å². The molecule has 1 N–H and O–H groups in total. The van der Waals surface area contributed by atoms with Gasteiger partial charge in [0.05, 0.1) is 28.4 Å². The van der Waals surface area contributed by atoms with Crippen LogP contribution in [0.1, 0.15) is 22.3 Å². The van der Waals surface area contributed by atoms with Crippen molar-refractivity contribution in [1.29, 1.82) is 0 Å². The second-order valence-corrected chi connectivity index (χ2v) is 8.30. The van der Waals surface area contributed by atoms with Gasteiger partial charge >= 0.3 is 0 Å². The topological polar surface area (TPSA) is 89.6 Å². The highest BCUT2D eigenvalue weighted by atomic mass is 16.5. The lowest BCUT2D eigenvalue weighted by Gasteiger charge is -2.34. The van der Waals surface area contributed by atoms with Crippen molar-refractivity contribution < 1.29 is 28.5 Å². The van der Waals surface area contributed by atoms with E-state index in [0.717, 1.165) is 37.4 Å². The summed E-state index contributed by atoms with van der Waals surface area (Å²) in [5.74, 6) is 1.89. The first-order valence-electron chi connectivity index (χ1n) is 11.9. The van der Waals surface area contributed by atoms with E-state index in [-0.39, 0.29) is 11.8 Å². The third-order valence-corrected chi connectivity index (χ3v) is 6.06. The standard InChI is InChI=1S/C27H35N3O6/c1-33-22-8-5-7-20(17-22)9-10-25(31)30-15-13-29(14-16-30)12-6-11-28-27(32)21-18-23(34-2)26(36-4)24(19-21)35-3/h5,7-10,17-19H,6,11-16H2,1-4H3,(H,28,32). The molecule has 0 unspecified atom stereocenters. The number of hydrogen-bond acceptors (Lipinski definition) is 7. The molecule has 1 saturated heterocycles. The molecule has 1 aliphatic heterocycles. The Morgan fingerprint density at radius 1 is 0.917 bits per heavy atom. The van der Waals surface area contributed by atoms with E-state index in [2.05, 4.69) is 10.2 Å². The molecule has 1 heterocycles. The van der Waals surface area contributed by atoms with Gasteiger partial charge in [-0.05, 0) is 48.9 Å². The predicted octanol–water partition coefficient (Wildman–Crippen LogP) is 2.70. The van der Waals surface area contributed by atoms with Crippen molar-refractivity contribution in [3.8, 4) is 23.0 Å². The number of rotatable bonds is 11. The fourth-order valence-electron chi connectivity index (χ4n) is 4.03. The molecule has 1 aliphatic rings. The molecule has 3 rings (SSSR count). The van der Waals surface area contributed by atoms with Crippen LogP contribution in [0.4, 0.5) is 0 Å². The predicted molar refractivity (Wildman–Crippen MR) is 138 cm³/mol. The lowest BCUT2D eigenvalue weighted by atomic mass is 10.1. The lowest BCUT2D eigenvalue weighted by molar-refractivity contribution is -0.127. The maximum absolute atomic E-state index is 12.6. The third kappa shape index (κ3) is 7.14. The Bertz CT molecular complexity index is 1040. The normalized spacial score (nSPS) is 13.9. The van der Waals surface area contributed by atoms with Crippen LogP contribution in [0.5, 0.6) is 23.0 Å². The molecule has 0 aliphatic carbocycles. The van der Waals surface area contributed by atoms with E-state index in [1.54, 1.807) is 25.3 Å². The van der Waals surface area contributed by atoms with Gasteiger partial charge in [0, 0.05) is 44.4 Å². The average Bonchev–Trinajstić information content (AvgIpc) is 2.93. The third-order valence-electron chi connectivity index (χ3n) is 6.06. The molecule has 0 bridgehead atoms. The van der Waals surface area contributed by atoms with Crippen LogP contribution >= 0.6 is 0 Å². The number of carbonyl (C=O) groups is 2. The van der Waals surface area contributed by atoms with E-state index in [1.807, 2.05) is 35.2 Å². The van der Waals surface area contributed by atoms with Gasteiger partial charge in [-0.25, -0.2) is 0 Å². The van der Waals surface area contributed by atoms with Crippen molar-refractivity contribution in [3.05, 3.63) is 53.6 Å². The van der Waals surface area contributed by atoms with Gasteiger partial charge in [-0.1, -0.05) is 12.1 Å². The molecule has 0 radical (unpaired) electrons. The molecule has 2 aromatic rings. The molecule has 0 spiro atoms. The van der Waals surface area contributed by atoms with Crippen LogP contribution in [0.15, 0.2) is 42.5 Å². The molecule has 9 nitrogen and oxygen atoms in total. The van der Waals surface area contributed by atoms with Crippen molar-refractivity contribution in [2.24, 2.45) is 0 Å². The summed E-state index contributed by atoms with van der Waals surface area (Å²) >= 11 is 0. The molecule has 0 atom stereocenters. The molecule has 36 heavy (non-hydrogen) atoms. The Balaban J connectivity index is 1.40. The second kappa shape index (κ2) is 13.4. The minimum absolute atomic E-state index is 0.00933. The van der Waals surface area contributed by atoms with E-state index in [0.29, 0.717) is 42.4 Å². The van der Waals surface area contributed by atoms with Gasteiger partial charge in [0.15, 0.2) is 11.5 Å². The Morgan fingerprint density at radius 2 is 1.61 bits per heavy atom. The van der Waals surface area contributed by atoms with Crippen LogP contribution in [0.2, 0.25) is 0 Å². The number of carbonyl (C=O) groups excluding carboxylic acids is 2. The van der Waals surface area contributed by atoms with Crippen LogP contribution in [-0.4, -0.2) is 89.3 Å². The van der Waals surface area contributed by atoms with Gasteiger partial charge in [0.2, 0.25) is 11.7 Å². The van der Waals surface area contributed by atoms with Crippen molar-refractivity contribution in [1.82, 2.24) is 15.1 Å². The maximum atomic E-state index is 12.6. The summed E-state index contributed by atoms with van der Waals surface area (Å²) in [6.45, 7) is 4.35. The Hall–Kier alpha value is -3.72. The van der Waals surface area contributed by atoms with Gasteiger partial charge in [0.25, 0.3) is 5.91 Å². The van der Waals surface area contributed by atoms with Crippen LogP contribution < -0.4 is 24.3 Å². The second-order valence-electron chi connectivity index (χ2n) is 8.30. The number of methoxy groups -OCH3 is 4. The first-order chi connectivity index (χ1) is 17.5. The smallest absolute Gasteiger partial charge is 0.251 e. The summed E-state index contributed by atoms with van der Waals surface area (Å²) in [4.78, 5) is 29.3. The van der Waals surface area contributed by atoms with Crippen LogP contribution in [0, 0.1) is 0 Å². The lowest BCUT2D eigenvalue weighted by Crippen LogP contribution is -2.48. The van der Waals surface area contributed by atoms with Gasteiger partial charge in [-0.3, -0.25) is 14.5 Å². The quantitative estimate of drug-likeness (QED) is 0.377. The molecule has 0 aromatic heterocycles. The number of nitrogens with one attached hydrogen (secondary N) is 1.